The number of ether oxygens (including phenoxy) is 2. The molecule has 51 heavy (non-hydrogen) atoms. The fourth-order valence-electron chi connectivity index (χ4n) is 9.01. The summed E-state index contributed by atoms with van der Waals surface area (Å²) in [5.74, 6) is 0.528. The van der Waals surface area contributed by atoms with E-state index >= 15 is 0 Å². The second kappa shape index (κ2) is 12.6. The van der Waals surface area contributed by atoms with Crippen molar-refractivity contribution in [3.05, 3.63) is 41.6 Å². The van der Waals surface area contributed by atoms with E-state index in [0.717, 1.165) is 91.4 Å². The van der Waals surface area contributed by atoms with E-state index in [0.29, 0.717) is 44.6 Å². The van der Waals surface area contributed by atoms with Crippen molar-refractivity contribution in [2.24, 2.45) is 17.3 Å². The van der Waals surface area contributed by atoms with Crippen LogP contribution in [0.15, 0.2) is 30.4 Å². The largest absolute Gasteiger partial charge is 0.497 e. The highest BCUT2D eigenvalue weighted by molar-refractivity contribution is 7.91. The number of nitrogens with one attached hydrogen (secondary N) is 1. The number of aromatic nitrogens is 1. The number of sulfonamides is 1. The Hall–Kier alpha value is -3.47. The maximum absolute atomic E-state index is 14.6. The van der Waals surface area contributed by atoms with E-state index in [9.17, 15) is 22.8 Å². The molecule has 3 saturated carbocycles. The number of hydrogen-bond acceptors (Lipinski definition) is 8. The van der Waals surface area contributed by atoms with Gasteiger partial charge in [-0.3, -0.25) is 19.1 Å². The summed E-state index contributed by atoms with van der Waals surface area (Å²) in [6.45, 7) is 3.90. The number of methoxy groups -OCH3 is 1. The minimum Gasteiger partial charge on any atom is -0.497 e. The van der Waals surface area contributed by atoms with Crippen LogP contribution in [0.4, 0.5) is 0 Å². The van der Waals surface area contributed by atoms with Gasteiger partial charge in [-0.25, -0.2) is 13.4 Å². The van der Waals surface area contributed by atoms with Crippen LogP contribution in [0.3, 0.4) is 0 Å². The summed E-state index contributed by atoms with van der Waals surface area (Å²) >= 11 is 0. The Labute approximate surface area is 301 Å². The lowest BCUT2D eigenvalue weighted by molar-refractivity contribution is -0.142. The van der Waals surface area contributed by atoms with Crippen LogP contribution in [0, 0.1) is 17.3 Å². The molecule has 5 atom stereocenters. The quantitative estimate of drug-likeness (QED) is 0.357. The molecule has 1 spiro atoms. The predicted octanol–water partition coefficient (Wildman–Crippen LogP) is 6.30. The number of Topliss-reactive ketones (excluding diaryl/α,β-unsaturated/α-hetero) is 1. The number of allylic oxidation sites excluding steroid dienone is 2. The number of pyridine rings is 1. The molecule has 2 aromatic rings. The maximum atomic E-state index is 14.6. The van der Waals surface area contributed by atoms with Gasteiger partial charge in [0.05, 0.1) is 41.1 Å². The zero-order valence-corrected chi connectivity index (χ0v) is 31.0. The Morgan fingerprint density at radius 1 is 1.06 bits per heavy atom. The summed E-state index contributed by atoms with van der Waals surface area (Å²) in [6.07, 6.45) is 14.8. The van der Waals surface area contributed by atoms with E-state index in [2.05, 4.69) is 10.8 Å². The molecule has 274 valence electrons. The number of carbonyl (C=O) groups excluding carboxylic acids is 3. The molecular weight excluding hydrogens is 667 g/mol. The topological polar surface area (TPSA) is 132 Å². The van der Waals surface area contributed by atoms with Crippen molar-refractivity contribution in [1.29, 1.82) is 0 Å². The summed E-state index contributed by atoms with van der Waals surface area (Å²) in [4.78, 5) is 49.7. The van der Waals surface area contributed by atoms with E-state index in [1.54, 1.807) is 18.9 Å². The minimum absolute atomic E-state index is 0.0525. The van der Waals surface area contributed by atoms with Crippen molar-refractivity contribution in [3.63, 3.8) is 0 Å². The maximum Gasteiger partial charge on any atom is 0.240 e. The van der Waals surface area contributed by atoms with E-state index in [-0.39, 0.29) is 29.9 Å². The van der Waals surface area contributed by atoms with Crippen molar-refractivity contribution in [2.45, 2.75) is 132 Å². The van der Waals surface area contributed by atoms with Crippen LogP contribution < -0.4 is 14.2 Å². The lowest BCUT2D eigenvalue weighted by Crippen LogP contribution is -2.47. The van der Waals surface area contributed by atoms with Crippen LogP contribution in [0.25, 0.3) is 10.9 Å². The molecule has 6 aliphatic rings. The van der Waals surface area contributed by atoms with E-state index in [4.69, 9.17) is 14.5 Å². The lowest BCUT2D eigenvalue weighted by atomic mass is 9.79. The fourth-order valence-corrected chi connectivity index (χ4v) is 10.3. The Bertz CT molecular complexity index is 1920. The van der Waals surface area contributed by atoms with Crippen molar-refractivity contribution < 1.29 is 32.3 Å². The lowest BCUT2D eigenvalue weighted by Gasteiger charge is -2.39. The Balaban J connectivity index is 1.13. The number of fused-ring (bicyclic) bond motifs is 5. The molecule has 1 saturated heterocycles. The van der Waals surface area contributed by atoms with E-state index in [1.807, 2.05) is 31.2 Å². The van der Waals surface area contributed by atoms with Gasteiger partial charge in [0.2, 0.25) is 21.8 Å². The van der Waals surface area contributed by atoms with Gasteiger partial charge >= 0.3 is 0 Å². The van der Waals surface area contributed by atoms with E-state index in [1.165, 1.54) is 0 Å². The zero-order valence-electron chi connectivity index (χ0n) is 30.2. The molecule has 8 rings (SSSR count). The van der Waals surface area contributed by atoms with Crippen molar-refractivity contribution in [2.75, 3.05) is 13.7 Å². The van der Waals surface area contributed by atoms with E-state index < -0.39 is 37.7 Å². The van der Waals surface area contributed by atoms with Crippen molar-refractivity contribution >= 4 is 38.5 Å². The minimum atomic E-state index is -3.88. The first-order chi connectivity index (χ1) is 24.4. The molecule has 1 N–H and O–H groups in total. The van der Waals surface area contributed by atoms with Crippen molar-refractivity contribution in [3.8, 4) is 11.5 Å². The molecule has 3 aliphatic heterocycles. The van der Waals surface area contributed by atoms with Gasteiger partial charge in [0.1, 0.15) is 17.1 Å². The smallest absolute Gasteiger partial charge is 0.240 e. The molecule has 1 aromatic carbocycles. The SMILES string of the molecule is COc1ccc2nc(C3CCC3)c3c(c2c1)CC[C@]1(C[C@H]2C(=O)CC4(C(=O)NS(=O)(=O)C5(C)CC5)C[C@H]4/C=C\CCCCC[C@H](C)C(=O)N2C1)O3. The van der Waals surface area contributed by atoms with Crippen LogP contribution in [0.1, 0.15) is 121 Å². The van der Waals surface area contributed by atoms with Crippen LogP contribution in [-0.4, -0.2) is 65.9 Å². The normalized spacial score (nSPS) is 32.8. The molecule has 10 nitrogen and oxygen atoms in total. The highest BCUT2D eigenvalue weighted by Crippen LogP contribution is 2.58. The zero-order chi connectivity index (χ0) is 35.8. The number of rotatable bonds is 5. The third-order valence-corrected chi connectivity index (χ3v) is 15.3. The summed E-state index contributed by atoms with van der Waals surface area (Å²) in [7, 11) is -2.22. The number of benzene rings is 1. The molecule has 4 fully saturated rings. The number of aryl methyl sites for hydroxylation is 1. The van der Waals surface area contributed by atoms with Gasteiger partial charge in [-0.05, 0) is 95.2 Å². The first kappa shape index (κ1) is 34.6. The van der Waals surface area contributed by atoms with Crippen LogP contribution >= 0.6 is 0 Å². The van der Waals surface area contributed by atoms with Gasteiger partial charge in [0.15, 0.2) is 5.78 Å². The molecule has 0 radical (unpaired) electrons. The summed E-state index contributed by atoms with van der Waals surface area (Å²) in [5.41, 5.74) is 1.07. The molecule has 4 heterocycles. The number of amides is 2. The van der Waals surface area contributed by atoms with Gasteiger partial charge in [-0.15, -0.1) is 0 Å². The molecule has 1 unspecified atom stereocenters. The Morgan fingerprint density at radius 2 is 1.86 bits per heavy atom. The average molecular weight is 718 g/mol. The molecule has 11 heteroatoms. The fraction of sp³-hybridized carbons (Fsp3) is 0.650. The summed E-state index contributed by atoms with van der Waals surface area (Å²) in [5, 5.41) is 1.01. The second-order valence-corrected chi connectivity index (χ2v) is 18.9. The Morgan fingerprint density at radius 3 is 2.59 bits per heavy atom. The van der Waals surface area contributed by atoms with Gasteiger partial charge in [-0.1, -0.05) is 38.3 Å². The average Bonchev–Trinajstić information content (AvgIpc) is 3.97. The van der Waals surface area contributed by atoms with Gasteiger partial charge in [-0.2, -0.15) is 0 Å². The monoisotopic (exact) mass is 717 g/mol. The first-order valence-electron chi connectivity index (χ1n) is 19.1. The number of hydrogen-bond donors (Lipinski definition) is 1. The summed E-state index contributed by atoms with van der Waals surface area (Å²) < 4.78 is 40.5. The molecule has 3 aliphatic carbocycles. The highest BCUT2D eigenvalue weighted by atomic mass is 32.2. The van der Waals surface area contributed by atoms with Crippen LogP contribution in [-0.2, 0) is 30.8 Å². The van der Waals surface area contributed by atoms with Crippen LogP contribution in [0.5, 0.6) is 11.5 Å². The summed E-state index contributed by atoms with van der Waals surface area (Å²) in [6, 6.07) is 5.20. The number of carbonyl (C=O) groups is 3. The molecule has 0 bridgehead atoms. The number of nitrogens with zero attached hydrogens (tertiary/aromatic N) is 2. The van der Waals surface area contributed by atoms with Crippen LogP contribution in [0.2, 0.25) is 0 Å². The standard InChI is InChI=1S/C40H51N3O7S/c1-25-10-7-5-4-6-8-13-27-21-40(27,37(46)42-51(47,48)38(2)18-19-38)23-33(44)32-22-39(24-43(32)36(25)45)17-16-29-30-20-28(49-3)14-15-31(30)41-34(35(29)50-39)26-11-9-12-26/h8,13-15,20,25-27,32H,4-7,9-12,16-19,21-24H2,1-3H3,(H,42,46)/b13-8-/t25-,27+,32-,39+,40?/m0/s1. The highest BCUT2D eigenvalue weighted by Gasteiger charge is 2.63. The first-order valence-corrected chi connectivity index (χ1v) is 20.6. The number of ketones is 1. The van der Waals surface area contributed by atoms with Gasteiger partial charge < -0.3 is 14.4 Å². The predicted molar refractivity (Wildman–Crippen MR) is 193 cm³/mol. The van der Waals surface area contributed by atoms with Gasteiger partial charge in [0.25, 0.3) is 0 Å². The molecule has 1 aromatic heterocycles. The third kappa shape index (κ3) is 6.05. The third-order valence-electron chi connectivity index (χ3n) is 13.2. The molecular formula is C40H51N3O7S. The van der Waals surface area contributed by atoms with Crippen molar-refractivity contribution in [1.82, 2.24) is 14.6 Å². The second-order valence-electron chi connectivity index (χ2n) is 16.7. The van der Waals surface area contributed by atoms with Gasteiger partial charge in [0, 0.05) is 35.6 Å². The molecule has 2 amide bonds. The Kier molecular flexibility index (Phi) is 8.54.